The molecule has 166 valence electrons. The Hall–Kier alpha value is -1.85. The third-order valence-corrected chi connectivity index (χ3v) is 4.28. The average Bonchev–Trinajstić information content (AvgIpc) is 2.67. The number of ether oxygens (including phenoxy) is 3. The second kappa shape index (κ2) is 13.4. The Morgan fingerprint density at radius 2 is 1.79 bits per heavy atom. The molecule has 1 aliphatic heterocycles. The van der Waals surface area contributed by atoms with E-state index in [0.29, 0.717) is 51.4 Å². The molecule has 4 N–H and O–H groups in total. The zero-order chi connectivity index (χ0) is 21.8. The minimum absolute atomic E-state index is 0.207. The normalized spacial score (nSPS) is 24.2. The Balaban J connectivity index is 2.22. The largest absolute Gasteiger partial charge is 0.394 e. The van der Waals surface area contributed by atoms with E-state index in [0.717, 1.165) is 0 Å². The summed E-state index contributed by atoms with van der Waals surface area (Å²) in [5.41, 5.74) is 0.442. The van der Waals surface area contributed by atoms with Crippen LogP contribution in [0.4, 0.5) is 0 Å². The van der Waals surface area contributed by atoms with Crippen LogP contribution in [0.1, 0.15) is 26.7 Å². The van der Waals surface area contributed by atoms with Crippen molar-refractivity contribution in [2.75, 3.05) is 39.6 Å². The lowest BCUT2D eigenvalue weighted by Crippen LogP contribution is -2.61. The molecule has 0 radical (unpaired) electrons. The highest BCUT2D eigenvalue weighted by molar-refractivity contribution is 5.93. The first-order valence-electron chi connectivity index (χ1n) is 9.62. The summed E-state index contributed by atoms with van der Waals surface area (Å²) in [6.45, 7) is 7.84. The fourth-order valence-corrected chi connectivity index (χ4v) is 2.78. The van der Waals surface area contributed by atoms with Crippen LogP contribution in [0.15, 0.2) is 12.2 Å². The van der Waals surface area contributed by atoms with E-state index in [-0.39, 0.29) is 5.91 Å². The van der Waals surface area contributed by atoms with E-state index in [4.69, 9.17) is 14.2 Å². The molecule has 0 saturated carbocycles. The van der Waals surface area contributed by atoms with Crippen LogP contribution in [0.2, 0.25) is 0 Å². The molecule has 0 aromatic heterocycles. The van der Waals surface area contributed by atoms with Gasteiger partial charge in [-0.15, -0.1) is 0 Å². The summed E-state index contributed by atoms with van der Waals surface area (Å²) < 4.78 is 16.4. The standard InChI is InChI=1S/C19H32N2O8/c1-12(2)19(26)20-6-8-28-10-9-27-7-4-5-14-16(21-13(3)23)18(25)17(24)15(11-22)29-14/h14-17,22,24H,1,4-11H2,2-3H3,(H,20,26)(H,21,23)/t14-,15-,16+,17+/m1/s1. The van der Waals surface area contributed by atoms with E-state index in [1.807, 2.05) is 0 Å². The van der Waals surface area contributed by atoms with E-state index < -0.39 is 42.7 Å². The van der Waals surface area contributed by atoms with Crippen LogP contribution in [-0.4, -0.2) is 91.7 Å². The predicted molar refractivity (Wildman–Crippen MR) is 103 cm³/mol. The van der Waals surface area contributed by atoms with Crippen LogP contribution < -0.4 is 10.6 Å². The third kappa shape index (κ3) is 9.01. The van der Waals surface area contributed by atoms with Gasteiger partial charge in [-0.1, -0.05) is 6.58 Å². The van der Waals surface area contributed by atoms with Gasteiger partial charge in [-0.05, 0) is 19.8 Å². The lowest BCUT2D eigenvalue weighted by atomic mass is 9.92. The summed E-state index contributed by atoms with van der Waals surface area (Å²) in [6.07, 6.45) is -2.16. The number of hydrogen-bond donors (Lipinski definition) is 4. The molecule has 10 heteroatoms. The third-order valence-electron chi connectivity index (χ3n) is 4.28. The molecule has 2 amide bonds. The topological polar surface area (TPSA) is 143 Å². The van der Waals surface area contributed by atoms with Crippen LogP contribution in [0.5, 0.6) is 0 Å². The van der Waals surface area contributed by atoms with Gasteiger partial charge in [-0.25, -0.2) is 0 Å². The summed E-state index contributed by atoms with van der Waals surface area (Å²) in [7, 11) is 0. The van der Waals surface area contributed by atoms with Gasteiger partial charge in [0.2, 0.25) is 11.8 Å². The second-order valence-corrected chi connectivity index (χ2v) is 6.82. The van der Waals surface area contributed by atoms with Gasteiger partial charge in [0.15, 0.2) is 5.78 Å². The molecule has 1 fully saturated rings. The highest BCUT2D eigenvalue weighted by Crippen LogP contribution is 2.21. The van der Waals surface area contributed by atoms with Gasteiger partial charge in [0.05, 0.1) is 32.5 Å². The number of rotatable bonds is 13. The number of Topliss-reactive ketones (excluding diaryl/α,β-unsaturated/α-hetero) is 1. The van der Waals surface area contributed by atoms with Gasteiger partial charge >= 0.3 is 0 Å². The summed E-state index contributed by atoms with van der Waals surface area (Å²) in [5.74, 6) is -1.18. The quantitative estimate of drug-likeness (QED) is 0.214. The maximum Gasteiger partial charge on any atom is 0.246 e. The van der Waals surface area contributed by atoms with Gasteiger partial charge in [0.1, 0.15) is 18.2 Å². The number of amides is 2. The first kappa shape index (κ1) is 25.2. The van der Waals surface area contributed by atoms with Gasteiger partial charge in [0.25, 0.3) is 0 Å². The molecule has 0 spiro atoms. The van der Waals surface area contributed by atoms with Crippen molar-refractivity contribution in [1.82, 2.24) is 10.6 Å². The van der Waals surface area contributed by atoms with E-state index >= 15 is 0 Å². The molecule has 1 heterocycles. The van der Waals surface area contributed by atoms with Gasteiger partial charge in [-0.2, -0.15) is 0 Å². The summed E-state index contributed by atoms with van der Waals surface area (Å²) >= 11 is 0. The Labute approximate surface area is 170 Å². The molecule has 0 aliphatic carbocycles. The van der Waals surface area contributed by atoms with Crippen molar-refractivity contribution in [1.29, 1.82) is 0 Å². The first-order chi connectivity index (χ1) is 13.8. The van der Waals surface area contributed by atoms with Crippen LogP contribution >= 0.6 is 0 Å². The van der Waals surface area contributed by atoms with E-state index in [2.05, 4.69) is 17.2 Å². The number of carbonyl (C=O) groups is 3. The summed E-state index contributed by atoms with van der Waals surface area (Å²) in [6, 6.07) is -0.956. The minimum atomic E-state index is -1.47. The zero-order valence-corrected chi connectivity index (χ0v) is 17.0. The van der Waals surface area contributed by atoms with Crippen molar-refractivity contribution in [2.24, 2.45) is 0 Å². The van der Waals surface area contributed by atoms with E-state index in [1.165, 1.54) is 6.92 Å². The van der Waals surface area contributed by atoms with Gasteiger partial charge in [0, 0.05) is 25.6 Å². The number of ketones is 1. The van der Waals surface area contributed by atoms with Crippen molar-refractivity contribution in [3.63, 3.8) is 0 Å². The Bertz CT molecular complexity index is 568. The van der Waals surface area contributed by atoms with Crippen LogP contribution in [0, 0.1) is 0 Å². The lowest BCUT2D eigenvalue weighted by molar-refractivity contribution is -0.172. The zero-order valence-electron chi connectivity index (χ0n) is 17.0. The first-order valence-corrected chi connectivity index (χ1v) is 9.62. The summed E-state index contributed by atoms with van der Waals surface area (Å²) in [4.78, 5) is 34.9. The fourth-order valence-electron chi connectivity index (χ4n) is 2.78. The maximum atomic E-state index is 12.2. The smallest absolute Gasteiger partial charge is 0.246 e. The fraction of sp³-hybridized carbons (Fsp3) is 0.737. The maximum absolute atomic E-state index is 12.2. The molecule has 1 rings (SSSR count). The predicted octanol–water partition coefficient (Wildman–Crippen LogP) is -1.31. The molecule has 0 aromatic carbocycles. The highest BCUT2D eigenvalue weighted by Gasteiger charge is 2.43. The highest BCUT2D eigenvalue weighted by atomic mass is 16.5. The van der Waals surface area contributed by atoms with Crippen molar-refractivity contribution in [2.45, 2.75) is 51.0 Å². The summed E-state index contributed by atoms with van der Waals surface area (Å²) in [5, 5.41) is 24.3. The SMILES string of the molecule is C=C(C)C(=O)NCCOCCOCCC[C@H]1O[C@H](CO)[C@H](O)C(=O)[C@H]1NC(C)=O. The number of hydrogen-bond acceptors (Lipinski definition) is 8. The molecule has 1 saturated heterocycles. The van der Waals surface area contributed by atoms with Crippen LogP contribution in [0.3, 0.4) is 0 Å². The molecular weight excluding hydrogens is 384 g/mol. The van der Waals surface area contributed by atoms with Crippen molar-refractivity contribution in [3.05, 3.63) is 12.2 Å². The monoisotopic (exact) mass is 416 g/mol. The number of aliphatic hydroxyl groups is 2. The van der Waals surface area contributed by atoms with Gasteiger partial charge < -0.3 is 35.1 Å². The average molecular weight is 416 g/mol. The van der Waals surface area contributed by atoms with Crippen molar-refractivity contribution >= 4 is 17.6 Å². The molecule has 0 aromatic rings. The number of carbonyl (C=O) groups excluding carboxylic acids is 3. The minimum Gasteiger partial charge on any atom is -0.394 e. The Morgan fingerprint density at radius 3 is 2.38 bits per heavy atom. The molecule has 0 bridgehead atoms. The molecular formula is C19H32N2O8. The van der Waals surface area contributed by atoms with Gasteiger partial charge in [-0.3, -0.25) is 14.4 Å². The van der Waals surface area contributed by atoms with E-state index in [1.54, 1.807) is 6.92 Å². The molecule has 10 nitrogen and oxygen atoms in total. The second-order valence-electron chi connectivity index (χ2n) is 6.82. The van der Waals surface area contributed by atoms with Crippen molar-refractivity contribution in [3.8, 4) is 0 Å². The lowest BCUT2D eigenvalue weighted by Gasteiger charge is -2.38. The van der Waals surface area contributed by atoms with Crippen molar-refractivity contribution < 1.29 is 38.8 Å². The molecule has 29 heavy (non-hydrogen) atoms. The Morgan fingerprint density at radius 1 is 1.14 bits per heavy atom. The van der Waals surface area contributed by atoms with Crippen LogP contribution in [0.25, 0.3) is 0 Å². The number of aliphatic hydroxyl groups excluding tert-OH is 2. The Kier molecular flexibility index (Phi) is 11.6. The molecule has 1 aliphatic rings. The number of nitrogens with one attached hydrogen (secondary N) is 2. The van der Waals surface area contributed by atoms with E-state index in [9.17, 15) is 24.6 Å². The molecule has 4 atom stereocenters. The van der Waals surface area contributed by atoms with Crippen LogP contribution in [-0.2, 0) is 28.6 Å². The molecule has 0 unspecified atom stereocenters.